The lowest BCUT2D eigenvalue weighted by molar-refractivity contribution is 0.565. The van der Waals surface area contributed by atoms with Crippen molar-refractivity contribution in [1.82, 2.24) is 0 Å². The summed E-state index contributed by atoms with van der Waals surface area (Å²) < 4.78 is 40.3. The van der Waals surface area contributed by atoms with Gasteiger partial charge in [-0.15, -0.1) is 0 Å². The second kappa shape index (κ2) is 5.82. The van der Waals surface area contributed by atoms with E-state index in [9.17, 15) is 12.8 Å². The summed E-state index contributed by atoms with van der Waals surface area (Å²) in [5.74, 6) is -0.850. The molecule has 0 aromatic heterocycles. The second-order valence-corrected chi connectivity index (χ2v) is 7.54. The smallest absolute Gasteiger partial charge is 0.267 e. The Balaban J connectivity index is 2.55. The fraction of sp³-hybridized carbons (Fsp3) is 0.0769. The number of nitrogen functional groups attached to an aromatic ring is 1. The predicted octanol–water partition coefficient (Wildman–Crippen LogP) is 3.65. The van der Waals surface area contributed by atoms with Gasteiger partial charge in [-0.25, -0.2) is 12.8 Å². The van der Waals surface area contributed by atoms with Crippen LogP contribution in [0, 0.1) is 5.82 Å². The molecule has 8 heteroatoms. The van der Waals surface area contributed by atoms with Crippen LogP contribution in [0.2, 0.25) is 5.02 Å². The molecule has 0 bridgehead atoms. The van der Waals surface area contributed by atoms with Crippen molar-refractivity contribution in [2.24, 2.45) is 0 Å². The lowest BCUT2D eigenvalue weighted by atomic mass is 10.3. The van der Waals surface area contributed by atoms with E-state index in [2.05, 4.69) is 15.9 Å². The van der Waals surface area contributed by atoms with Crippen LogP contribution in [0.25, 0.3) is 0 Å². The number of nitrogens with zero attached hydrogens (tertiary/aromatic N) is 1. The van der Waals surface area contributed by atoms with Crippen molar-refractivity contribution in [1.29, 1.82) is 0 Å². The molecule has 0 aliphatic carbocycles. The van der Waals surface area contributed by atoms with E-state index in [0.717, 1.165) is 10.4 Å². The van der Waals surface area contributed by atoms with Crippen LogP contribution in [0.15, 0.2) is 45.8 Å². The van der Waals surface area contributed by atoms with Gasteiger partial charge in [0.25, 0.3) is 10.0 Å². The standard InChI is InChI=1S/C13H11BrClFN2O2S/c1-18(12-7-9(15)3-4-11(12)17)21(19,20)13-5-2-8(14)6-10(13)16/h2-7H,17H2,1H3. The highest BCUT2D eigenvalue weighted by Gasteiger charge is 2.26. The maximum atomic E-state index is 13.9. The molecule has 0 amide bonds. The number of hydrogen-bond donors (Lipinski definition) is 1. The molecule has 4 nitrogen and oxygen atoms in total. The Morgan fingerprint density at radius 3 is 2.52 bits per heavy atom. The van der Waals surface area contributed by atoms with Crippen molar-refractivity contribution in [3.63, 3.8) is 0 Å². The number of benzene rings is 2. The van der Waals surface area contributed by atoms with Crippen molar-refractivity contribution in [3.8, 4) is 0 Å². The van der Waals surface area contributed by atoms with Gasteiger partial charge in [0, 0.05) is 16.5 Å². The van der Waals surface area contributed by atoms with Crippen LogP contribution in [0.3, 0.4) is 0 Å². The van der Waals surface area contributed by atoms with E-state index in [0.29, 0.717) is 9.50 Å². The van der Waals surface area contributed by atoms with E-state index in [1.165, 1.54) is 31.3 Å². The third kappa shape index (κ3) is 3.14. The zero-order valence-electron chi connectivity index (χ0n) is 10.8. The molecule has 0 heterocycles. The summed E-state index contributed by atoms with van der Waals surface area (Å²) in [6, 6.07) is 8.16. The first kappa shape index (κ1) is 16.1. The molecule has 2 aromatic carbocycles. The number of hydrogen-bond acceptors (Lipinski definition) is 3. The highest BCUT2D eigenvalue weighted by molar-refractivity contribution is 9.10. The topological polar surface area (TPSA) is 63.4 Å². The van der Waals surface area contributed by atoms with E-state index in [-0.39, 0.29) is 11.4 Å². The minimum Gasteiger partial charge on any atom is -0.397 e. The van der Waals surface area contributed by atoms with Crippen LogP contribution in [-0.2, 0) is 10.0 Å². The first-order valence-electron chi connectivity index (χ1n) is 5.72. The molecule has 0 fully saturated rings. The van der Waals surface area contributed by atoms with E-state index in [4.69, 9.17) is 17.3 Å². The molecule has 0 unspecified atom stereocenters. The summed E-state index contributed by atoms with van der Waals surface area (Å²) in [7, 11) is -2.79. The molecule has 21 heavy (non-hydrogen) atoms. The molecule has 0 atom stereocenters. The third-order valence-electron chi connectivity index (χ3n) is 2.86. The van der Waals surface area contributed by atoms with Crippen LogP contribution in [-0.4, -0.2) is 15.5 Å². The largest absolute Gasteiger partial charge is 0.397 e. The Morgan fingerprint density at radius 2 is 1.90 bits per heavy atom. The van der Waals surface area contributed by atoms with Crippen LogP contribution >= 0.6 is 27.5 Å². The fourth-order valence-corrected chi connectivity index (χ4v) is 3.51. The maximum Gasteiger partial charge on any atom is 0.267 e. The minimum atomic E-state index is -4.08. The Hall–Kier alpha value is -1.31. The lowest BCUT2D eigenvalue weighted by Gasteiger charge is -2.21. The second-order valence-electron chi connectivity index (χ2n) is 4.25. The fourth-order valence-electron chi connectivity index (χ4n) is 1.75. The van der Waals surface area contributed by atoms with E-state index < -0.39 is 20.7 Å². The molecule has 0 radical (unpaired) electrons. The van der Waals surface area contributed by atoms with Gasteiger partial charge < -0.3 is 5.73 Å². The highest BCUT2D eigenvalue weighted by Crippen LogP contribution is 2.31. The first-order valence-corrected chi connectivity index (χ1v) is 8.33. The van der Waals surface area contributed by atoms with Crippen molar-refractivity contribution in [2.75, 3.05) is 17.1 Å². The highest BCUT2D eigenvalue weighted by atomic mass is 79.9. The van der Waals surface area contributed by atoms with Crippen LogP contribution in [0.1, 0.15) is 0 Å². The van der Waals surface area contributed by atoms with Crippen molar-refractivity contribution < 1.29 is 12.8 Å². The number of nitrogens with two attached hydrogens (primary N) is 1. The van der Waals surface area contributed by atoms with Crippen molar-refractivity contribution in [2.45, 2.75) is 4.90 Å². The lowest BCUT2D eigenvalue weighted by Crippen LogP contribution is -2.28. The number of sulfonamides is 1. The van der Waals surface area contributed by atoms with E-state index in [1.54, 1.807) is 6.07 Å². The molecule has 2 rings (SSSR count). The van der Waals surface area contributed by atoms with Gasteiger partial charge in [-0.1, -0.05) is 27.5 Å². The predicted molar refractivity (Wildman–Crippen MR) is 85.6 cm³/mol. The molecule has 0 aliphatic heterocycles. The van der Waals surface area contributed by atoms with Crippen molar-refractivity contribution in [3.05, 3.63) is 51.7 Å². The first-order chi connectivity index (χ1) is 9.73. The molecular formula is C13H11BrClFN2O2S. The van der Waals surface area contributed by atoms with Crippen LogP contribution in [0.5, 0.6) is 0 Å². The van der Waals surface area contributed by atoms with Crippen LogP contribution in [0.4, 0.5) is 15.8 Å². The third-order valence-corrected chi connectivity index (χ3v) is 5.40. The minimum absolute atomic E-state index is 0.185. The summed E-state index contributed by atoms with van der Waals surface area (Å²) in [5, 5.41) is 0.331. The molecule has 2 N–H and O–H groups in total. The summed E-state index contributed by atoms with van der Waals surface area (Å²) in [6.45, 7) is 0. The molecule has 2 aromatic rings. The molecule has 112 valence electrons. The molecule has 0 saturated heterocycles. The Labute approximate surface area is 135 Å². The maximum absolute atomic E-state index is 13.9. The van der Waals surface area contributed by atoms with Gasteiger partial charge in [0.05, 0.1) is 11.4 Å². The Bertz CT molecular complexity index is 799. The summed E-state index contributed by atoms with van der Waals surface area (Å²) >= 11 is 8.93. The molecule has 0 spiro atoms. The van der Waals surface area contributed by atoms with Gasteiger partial charge in [0.15, 0.2) is 0 Å². The van der Waals surface area contributed by atoms with E-state index in [1.807, 2.05) is 0 Å². The summed E-state index contributed by atoms with van der Waals surface area (Å²) in [4.78, 5) is -0.437. The molecule has 0 saturated carbocycles. The monoisotopic (exact) mass is 392 g/mol. The summed E-state index contributed by atoms with van der Waals surface area (Å²) in [6.07, 6.45) is 0. The van der Waals surface area contributed by atoms with Gasteiger partial charge in [-0.05, 0) is 36.4 Å². The molecular weight excluding hydrogens is 383 g/mol. The zero-order chi connectivity index (χ0) is 15.8. The average molecular weight is 394 g/mol. The molecule has 0 aliphatic rings. The normalized spacial score (nSPS) is 11.4. The van der Waals surface area contributed by atoms with Gasteiger partial charge >= 0.3 is 0 Å². The average Bonchev–Trinajstić information content (AvgIpc) is 2.40. The Kier molecular flexibility index (Phi) is 4.46. The van der Waals surface area contributed by atoms with Crippen LogP contribution < -0.4 is 10.0 Å². The van der Waals surface area contributed by atoms with Gasteiger partial charge in [-0.2, -0.15) is 0 Å². The van der Waals surface area contributed by atoms with Gasteiger partial charge in [-0.3, -0.25) is 4.31 Å². The SMILES string of the molecule is CN(c1cc(Cl)ccc1N)S(=O)(=O)c1ccc(Br)cc1F. The number of rotatable bonds is 3. The Morgan fingerprint density at radius 1 is 1.24 bits per heavy atom. The van der Waals surface area contributed by atoms with Crippen molar-refractivity contribution >= 4 is 48.9 Å². The quantitative estimate of drug-likeness (QED) is 0.810. The zero-order valence-corrected chi connectivity index (χ0v) is 14.0. The number of anilines is 2. The number of halogens is 3. The van der Waals surface area contributed by atoms with E-state index >= 15 is 0 Å². The van der Waals surface area contributed by atoms with Gasteiger partial charge in [0.1, 0.15) is 10.7 Å². The van der Waals surface area contributed by atoms with Gasteiger partial charge in [0.2, 0.25) is 0 Å². The summed E-state index contributed by atoms with van der Waals surface area (Å²) in [5.41, 5.74) is 6.17.